The number of amides is 1. The maximum Gasteiger partial charge on any atom is 0.269 e. The van der Waals surface area contributed by atoms with Gasteiger partial charge in [-0.2, -0.15) is 0 Å². The molecule has 0 fully saturated rings. The van der Waals surface area contributed by atoms with Gasteiger partial charge in [0.1, 0.15) is 11.0 Å². The van der Waals surface area contributed by atoms with Crippen molar-refractivity contribution in [2.45, 2.75) is 0 Å². The Hall–Kier alpha value is -2.31. The summed E-state index contributed by atoms with van der Waals surface area (Å²) in [4.78, 5) is 27.7. The number of nitrogens with zero attached hydrogens (tertiary/aromatic N) is 1. The fraction of sp³-hybridized carbons (Fsp3) is 0. The van der Waals surface area contributed by atoms with Gasteiger partial charge in [-0.05, 0) is 18.2 Å². The quantitative estimate of drug-likeness (QED) is 0.297. The molecule has 2 rings (SSSR count). The van der Waals surface area contributed by atoms with Crippen LogP contribution < -0.4 is 11.3 Å². The molecule has 0 aliphatic heterocycles. The molecule has 7 heteroatoms. The highest BCUT2D eigenvalue weighted by molar-refractivity contribution is 6.34. The summed E-state index contributed by atoms with van der Waals surface area (Å²) >= 11 is 5.80. The lowest BCUT2D eigenvalue weighted by Gasteiger charge is -2.09. The summed E-state index contributed by atoms with van der Waals surface area (Å²) in [6, 6.07) is 6.72. The minimum Gasteiger partial charge on any atom is -0.290 e. The highest BCUT2D eigenvalue weighted by Gasteiger charge is 2.23. The summed E-state index contributed by atoms with van der Waals surface area (Å²) in [7, 11) is 0. The first kappa shape index (κ1) is 14.1. The summed E-state index contributed by atoms with van der Waals surface area (Å²) < 4.78 is 13.6. The average Bonchev–Trinajstić information content (AvgIpc) is 2.46. The van der Waals surface area contributed by atoms with E-state index in [2.05, 4.69) is 4.98 Å². The van der Waals surface area contributed by atoms with Gasteiger partial charge in [0.05, 0.1) is 11.1 Å². The molecular weight excluding hydrogens is 285 g/mol. The summed E-state index contributed by atoms with van der Waals surface area (Å²) in [5.41, 5.74) is 1.45. The molecule has 1 amide bonds. The molecule has 20 heavy (non-hydrogen) atoms. The minimum absolute atomic E-state index is 0.0712. The first-order valence-corrected chi connectivity index (χ1v) is 5.88. The van der Waals surface area contributed by atoms with Gasteiger partial charge in [-0.25, -0.2) is 15.2 Å². The summed E-state index contributed by atoms with van der Waals surface area (Å²) in [5, 5.41) is -0.185. The molecule has 0 atom stereocenters. The van der Waals surface area contributed by atoms with Crippen LogP contribution in [0.5, 0.6) is 0 Å². The van der Waals surface area contributed by atoms with Crippen LogP contribution in [0.2, 0.25) is 5.15 Å². The number of nitrogens with one attached hydrogen (secondary N) is 1. The standard InChI is InChI=1S/C13H9ClFN3O2/c14-12-10(13(20)18-16)8(5-6-17-12)11(19)7-3-1-2-4-9(7)15/h1-6H,16H2,(H,18,20). The van der Waals surface area contributed by atoms with Crippen LogP contribution in [-0.4, -0.2) is 16.7 Å². The van der Waals surface area contributed by atoms with Gasteiger partial charge < -0.3 is 0 Å². The van der Waals surface area contributed by atoms with Crippen LogP contribution >= 0.6 is 11.6 Å². The Bertz CT molecular complexity index is 691. The predicted molar refractivity (Wildman–Crippen MR) is 70.7 cm³/mol. The number of benzene rings is 1. The molecule has 0 saturated heterocycles. The van der Waals surface area contributed by atoms with E-state index in [1.807, 2.05) is 5.43 Å². The number of hydrazine groups is 1. The number of aromatic nitrogens is 1. The molecule has 1 heterocycles. The van der Waals surface area contributed by atoms with Crippen LogP contribution in [0, 0.1) is 5.82 Å². The van der Waals surface area contributed by atoms with Crippen molar-refractivity contribution in [1.82, 2.24) is 10.4 Å². The molecule has 0 bridgehead atoms. The van der Waals surface area contributed by atoms with E-state index in [4.69, 9.17) is 17.4 Å². The zero-order valence-electron chi connectivity index (χ0n) is 10.1. The van der Waals surface area contributed by atoms with Crippen molar-refractivity contribution < 1.29 is 14.0 Å². The van der Waals surface area contributed by atoms with Crippen LogP contribution in [0.15, 0.2) is 36.5 Å². The van der Waals surface area contributed by atoms with Crippen LogP contribution in [0.1, 0.15) is 26.3 Å². The normalized spacial score (nSPS) is 10.2. The van der Waals surface area contributed by atoms with Gasteiger partial charge in [0.15, 0.2) is 5.78 Å². The molecule has 0 unspecified atom stereocenters. The molecule has 0 saturated carbocycles. The second-order valence-corrected chi connectivity index (χ2v) is 4.16. The number of halogens is 2. The third-order valence-electron chi connectivity index (χ3n) is 2.63. The maximum absolute atomic E-state index is 13.6. The van der Waals surface area contributed by atoms with Gasteiger partial charge in [-0.3, -0.25) is 15.0 Å². The molecular formula is C13H9ClFN3O2. The SMILES string of the molecule is NNC(=O)c1c(C(=O)c2ccccc2F)ccnc1Cl. The smallest absolute Gasteiger partial charge is 0.269 e. The average molecular weight is 294 g/mol. The lowest BCUT2D eigenvalue weighted by Crippen LogP contribution is -2.32. The van der Waals surface area contributed by atoms with E-state index >= 15 is 0 Å². The van der Waals surface area contributed by atoms with Crippen LogP contribution in [0.25, 0.3) is 0 Å². The number of pyridine rings is 1. The second-order valence-electron chi connectivity index (χ2n) is 3.81. The third kappa shape index (κ3) is 2.52. The Morgan fingerprint density at radius 1 is 1.20 bits per heavy atom. The van der Waals surface area contributed by atoms with Crippen molar-refractivity contribution in [1.29, 1.82) is 0 Å². The van der Waals surface area contributed by atoms with E-state index in [9.17, 15) is 14.0 Å². The molecule has 0 aliphatic carbocycles. The molecule has 102 valence electrons. The lowest BCUT2D eigenvalue weighted by atomic mass is 9.99. The van der Waals surface area contributed by atoms with E-state index in [1.165, 1.54) is 30.5 Å². The molecule has 0 spiro atoms. The van der Waals surface area contributed by atoms with Gasteiger partial charge in [-0.1, -0.05) is 23.7 Å². The molecule has 0 aliphatic rings. The zero-order valence-corrected chi connectivity index (χ0v) is 10.8. The second kappa shape index (κ2) is 5.77. The van der Waals surface area contributed by atoms with E-state index in [0.717, 1.165) is 6.07 Å². The number of nitrogen functional groups attached to an aromatic ring is 1. The largest absolute Gasteiger partial charge is 0.290 e. The molecule has 5 nitrogen and oxygen atoms in total. The van der Waals surface area contributed by atoms with Gasteiger partial charge in [-0.15, -0.1) is 0 Å². The maximum atomic E-state index is 13.6. The van der Waals surface area contributed by atoms with Gasteiger partial charge in [0, 0.05) is 11.8 Å². The summed E-state index contributed by atoms with van der Waals surface area (Å²) in [6.07, 6.45) is 1.25. The zero-order chi connectivity index (χ0) is 14.7. The Balaban J connectivity index is 2.59. The van der Waals surface area contributed by atoms with Crippen molar-refractivity contribution in [2.75, 3.05) is 0 Å². The molecule has 1 aromatic carbocycles. The summed E-state index contributed by atoms with van der Waals surface area (Å²) in [6.45, 7) is 0. The Kier molecular flexibility index (Phi) is 4.07. The molecule has 1 aromatic heterocycles. The van der Waals surface area contributed by atoms with E-state index in [0.29, 0.717) is 0 Å². The number of ketones is 1. The Morgan fingerprint density at radius 3 is 2.55 bits per heavy atom. The lowest BCUT2D eigenvalue weighted by molar-refractivity contribution is 0.0941. The number of nitrogens with two attached hydrogens (primary N) is 1. The van der Waals surface area contributed by atoms with Crippen molar-refractivity contribution in [3.05, 3.63) is 64.2 Å². The first-order chi connectivity index (χ1) is 9.56. The van der Waals surface area contributed by atoms with Gasteiger partial charge in [0.2, 0.25) is 0 Å². The highest BCUT2D eigenvalue weighted by Crippen LogP contribution is 2.21. The van der Waals surface area contributed by atoms with Gasteiger partial charge >= 0.3 is 0 Å². The first-order valence-electron chi connectivity index (χ1n) is 5.51. The third-order valence-corrected chi connectivity index (χ3v) is 2.91. The van der Waals surface area contributed by atoms with Crippen molar-refractivity contribution >= 4 is 23.3 Å². The van der Waals surface area contributed by atoms with Crippen LogP contribution in [0.4, 0.5) is 4.39 Å². The molecule has 3 N–H and O–H groups in total. The van der Waals surface area contributed by atoms with E-state index < -0.39 is 17.5 Å². The minimum atomic E-state index is -0.775. The monoisotopic (exact) mass is 293 g/mol. The van der Waals surface area contributed by atoms with E-state index in [-0.39, 0.29) is 21.8 Å². The fourth-order valence-corrected chi connectivity index (χ4v) is 1.95. The molecule has 0 radical (unpaired) electrons. The topological polar surface area (TPSA) is 85.1 Å². The van der Waals surface area contributed by atoms with Crippen molar-refractivity contribution in [2.24, 2.45) is 5.84 Å². The van der Waals surface area contributed by atoms with Crippen molar-refractivity contribution in [3.63, 3.8) is 0 Å². The number of rotatable bonds is 3. The number of carbonyl (C=O) groups is 2. The number of hydrogen-bond acceptors (Lipinski definition) is 4. The van der Waals surface area contributed by atoms with Gasteiger partial charge in [0.25, 0.3) is 5.91 Å². The Morgan fingerprint density at radius 2 is 1.90 bits per heavy atom. The van der Waals surface area contributed by atoms with Crippen LogP contribution in [0.3, 0.4) is 0 Å². The van der Waals surface area contributed by atoms with E-state index in [1.54, 1.807) is 0 Å². The fourth-order valence-electron chi connectivity index (χ4n) is 1.70. The number of carbonyl (C=O) groups excluding carboxylic acids is 2. The predicted octanol–water partition coefficient (Wildman–Crippen LogP) is 1.71. The van der Waals surface area contributed by atoms with Crippen LogP contribution in [-0.2, 0) is 0 Å². The van der Waals surface area contributed by atoms with Crippen molar-refractivity contribution in [3.8, 4) is 0 Å². The highest BCUT2D eigenvalue weighted by atomic mass is 35.5. The summed E-state index contributed by atoms with van der Waals surface area (Å²) in [5.74, 6) is 2.90. The number of hydrogen-bond donors (Lipinski definition) is 2. The Labute approximate surface area is 118 Å². The molecule has 2 aromatic rings.